The maximum absolute atomic E-state index is 13.8. The average Bonchev–Trinajstić information content (AvgIpc) is 2.46. The van der Waals surface area contributed by atoms with Crippen LogP contribution in [0, 0.1) is 12.7 Å². The minimum Gasteiger partial charge on any atom is -0.497 e. The van der Waals surface area contributed by atoms with Gasteiger partial charge in [-0.1, -0.05) is 18.2 Å². The molecule has 0 radical (unpaired) electrons. The molecule has 1 unspecified atom stereocenters. The zero-order valence-corrected chi connectivity index (χ0v) is 12.3. The number of benzene rings is 2. The SMILES string of the molecule is COc1ccc(C(O)CSc2ccccc2C)c(F)c1. The number of methoxy groups -OCH3 is 1. The molecule has 0 saturated carbocycles. The number of thioether (sulfide) groups is 1. The number of aliphatic hydroxyl groups excluding tert-OH is 1. The van der Waals surface area contributed by atoms with Crippen molar-refractivity contribution in [3.63, 3.8) is 0 Å². The lowest BCUT2D eigenvalue weighted by molar-refractivity contribution is 0.198. The highest BCUT2D eigenvalue weighted by Gasteiger charge is 2.14. The Kier molecular flexibility index (Phi) is 5.04. The first-order chi connectivity index (χ1) is 9.61. The van der Waals surface area contributed by atoms with Gasteiger partial charge in [0.1, 0.15) is 11.6 Å². The lowest BCUT2D eigenvalue weighted by Crippen LogP contribution is -2.04. The topological polar surface area (TPSA) is 29.5 Å². The van der Waals surface area contributed by atoms with Crippen molar-refractivity contribution in [2.45, 2.75) is 17.9 Å². The largest absolute Gasteiger partial charge is 0.497 e. The van der Waals surface area contributed by atoms with Crippen molar-refractivity contribution >= 4 is 11.8 Å². The highest BCUT2D eigenvalue weighted by Crippen LogP contribution is 2.29. The molecule has 106 valence electrons. The monoisotopic (exact) mass is 292 g/mol. The smallest absolute Gasteiger partial charge is 0.132 e. The Balaban J connectivity index is 2.05. The molecule has 0 spiro atoms. The molecule has 1 N–H and O–H groups in total. The van der Waals surface area contributed by atoms with E-state index < -0.39 is 11.9 Å². The normalized spacial score (nSPS) is 12.2. The molecule has 2 aromatic carbocycles. The molecular formula is C16H17FO2S. The third-order valence-electron chi connectivity index (χ3n) is 3.06. The maximum atomic E-state index is 13.8. The number of ether oxygens (including phenoxy) is 1. The van der Waals surface area contributed by atoms with Crippen molar-refractivity contribution in [2.24, 2.45) is 0 Å². The second-order valence-corrected chi connectivity index (χ2v) is 5.54. The van der Waals surface area contributed by atoms with Crippen LogP contribution in [0.25, 0.3) is 0 Å². The van der Waals surface area contributed by atoms with Gasteiger partial charge >= 0.3 is 0 Å². The quantitative estimate of drug-likeness (QED) is 0.846. The lowest BCUT2D eigenvalue weighted by atomic mass is 10.1. The first-order valence-electron chi connectivity index (χ1n) is 6.31. The standard InChI is InChI=1S/C16H17FO2S/c1-11-5-3-4-6-16(11)20-10-15(18)13-8-7-12(19-2)9-14(13)17/h3-9,15,18H,10H2,1-2H3. The summed E-state index contributed by atoms with van der Waals surface area (Å²) >= 11 is 1.52. The number of aryl methyl sites for hydroxylation is 1. The summed E-state index contributed by atoms with van der Waals surface area (Å²) in [6.07, 6.45) is -0.842. The summed E-state index contributed by atoms with van der Waals surface area (Å²) in [5.74, 6) is 0.418. The van der Waals surface area contributed by atoms with Crippen LogP contribution in [0.2, 0.25) is 0 Å². The van der Waals surface area contributed by atoms with E-state index in [2.05, 4.69) is 0 Å². The first kappa shape index (κ1) is 14.9. The van der Waals surface area contributed by atoms with Gasteiger partial charge in [-0.05, 0) is 30.7 Å². The molecule has 0 aromatic heterocycles. The van der Waals surface area contributed by atoms with Crippen molar-refractivity contribution in [3.05, 3.63) is 59.4 Å². The van der Waals surface area contributed by atoms with Crippen LogP contribution in [0.5, 0.6) is 5.75 Å². The Morgan fingerprint density at radius 3 is 2.65 bits per heavy atom. The molecule has 2 aromatic rings. The van der Waals surface area contributed by atoms with Crippen LogP contribution in [0.4, 0.5) is 4.39 Å². The summed E-state index contributed by atoms with van der Waals surface area (Å²) < 4.78 is 18.8. The maximum Gasteiger partial charge on any atom is 0.132 e. The zero-order valence-electron chi connectivity index (χ0n) is 11.5. The molecule has 0 heterocycles. The van der Waals surface area contributed by atoms with Gasteiger partial charge in [0.25, 0.3) is 0 Å². The fourth-order valence-electron chi connectivity index (χ4n) is 1.88. The van der Waals surface area contributed by atoms with Gasteiger partial charge in [0.05, 0.1) is 13.2 Å². The molecule has 0 aliphatic heterocycles. The van der Waals surface area contributed by atoms with Gasteiger partial charge in [0, 0.05) is 22.3 Å². The van der Waals surface area contributed by atoms with E-state index in [1.54, 1.807) is 12.1 Å². The summed E-state index contributed by atoms with van der Waals surface area (Å²) in [5.41, 5.74) is 1.45. The predicted octanol–water partition coefficient (Wildman–Crippen LogP) is 3.97. The molecule has 20 heavy (non-hydrogen) atoms. The van der Waals surface area contributed by atoms with Gasteiger partial charge in [0.2, 0.25) is 0 Å². The molecule has 4 heteroatoms. The molecule has 0 aliphatic carbocycles. The Hall–Kier alpha value is -1.52. The second-order valence-electron chi connectivity index (χ2n) is 4.48. The number of aliphatic hydroxyl groups is 1. The molecular weight excluding hydrogens is 275 g/mol. The third kappa shape index (κ3) is 3.52. The first-order valence-corrected chi connectivity index (χ1v) is 7.30. The second kappa shape index (κ2) is 6.77. The van der Waals surface area contributed by atoms with Crippen molar-refractivity contribution in [2.75, 3.05) is 12.9 Å². The number of rotatable bonds is 5. The summed E-state index contributed by atoms with van der Waals surface area (Å²) in [6, 6.07) is 12.4. The van der Waals surface area contributed by atoms with E-state index in [0.29, 0.717) is 17.1 Å². The lowest BCUT2D eigenvalue weighted by Gasteiger charge is -2.13. The summed E-state index contributed by atoms with van der Waals surface area (Å²) in [4.78, 5) is 1.10. The summed E-state index contributed by atoms with van der Waals surface area (Å²) in [6.45, 7) is 2.02. The Morgan fingerprint density at radius 1 is 1.25 bits per heavy atom. The molecule has 0 aliphatic rings. The van der Waals surface area contributed by atoms with Gasteiger partial charge in [-0.15, -0.1) is 11.8 Å². The van der Waals surface area contributed by atoms with Crippen molar-refractivity contribution in [1.82, 2.24) is 0 Å². The van der Waals surface area contributed by atoms with Gasteiger partial charge in [-0.3, -0.25) is 0 Å². The van der Waals surface area contributed by atoms with Crippen LogP contribution in [0.3, 0.4) is 0 Å². The van der Waals surface area contributed by atoms with Crippen LogP contribution in [0.15, 0.2) is 47.4 Å². The van der Waals surface area contributed by atoms with Crippen LogP contribution >= 0.6 is 11.8 Å². The fourth-order valence-corrected chi connectivity index (χ4v) is 2.87. The summed E-state index contributed by atoms with van der Waals surface area (Å²) in [5, 5.41) is 10.1. The van der Waals surface area contributed by atoms with E-state index in [0.717, 1.165) is 10.5 Å². The molecule has 1 atom stereocenters. The molecule has 0 bridgehead atoms. The van der Waals surface area contributed by atoms with E-state index in [1.165, 1.54) is 24.9 Å². The average molecular weight is 292 g/mol. The Labute approximate surface area is 122 Å². The third-order valence-corrected chi connectivity index (χ3v) is 4.31. The Bertz CT molecular complexity index is 586. The van der Waals surface area contributed by atoms with E-state index in [-0.39, 0.29) is 0 Å². The zero-order chi connectivity index (χ0) is 14.5. The van der Waals surface area contributed by atoms with Crippen LogP contribution in [0.1, 0.15) is 17.2 Å². The van der Waals surface area contributed by atoms with E-state index in [1.807, 2.05) is 31.2 Å². The number of halogens is 1. The van der Waals surface area contributed by atoms with Gasteiger partial charge in [0.15, 0.2) is 0 Å². The van der Waals surface area contributed by atoms with Crippen LogP contribution in [-0.2, 0) is 0 Å². The van der Waals surface area contributed by atoms with Crippen molar-refractivity contribution in [3.8, 4) is 5.75 Å². The molecule has 0 fully saturated rings. The van der Waals surface area contributed by atoms with Crippen LogP contribution < -0.4 is 4.74 Å². The number of hydrogen-bond donors (Lipinski definition) is 1. The Morgan fingerprint density at radius 2 is 2.00 bits per heavy atom. The van der Waals surface area contributed by atoms with Crippen LogP contribution in [-0.4, -0.2) is 18.0 Å². The fraction of sp³-hybridized carbons (Fsp3) is 0.250. The minimum atomic E-state index is -0.842. The highest BCUT2D eigenvalue weighted by atomic mass is 32.2. The molecule has 0 saturated heterocycles. The van der Waals surface area contributed by atoms with Crippen molar-refractivity contribution in [1.29, 1.82) is 0 Å². The highest BCUT2D eigenvalue weighted by molar-refractivity contribution is 7.99. The predicted molar refractivity (Wildman–Crippen MR) is 79.8 cm³/mol. The molecule has 0 amide bonds. The number of hydrogen-bond acceptors (Lipinski definition) is 3. The van der Waals surface area contributed by atoms with Crippen molar-refractivity contribution < 1.29 is 14.2 Å². The van der Waals surface area contributed by atoms with Gasteiger partial charge < -0.3 is 9.84 Å². The minimum absolute atomic E-state index is 0.298. The molecule has 2 rings (SSSR count). The van der Waals surface area contributed by atoms with E-state index in [9.17, 15) is 9.50 Å². The van der Waals surface area contributed by atoms with E-state index in [4.69, 9.17) is 4.74 Å². The van der Waals surface area contributed by atoms with E-state index >= 15 is 0 Å². The van der Waals surface area contributed by atoms with Gasteiger partial charge in [-0.25, -0.2) is 4.39 Å². The molecule has 2 nitrogen and oxygen atoms in total. The summed E-state index contributed by atoms with van der Waals surface area (Å²) in [7, 11) is 1.49. The van der Waals surface area contributed by atoms with Gasteiger partial charge in [-0.2, -0.15) is 0 Å².